The Balaban J connectivity index is 1.50. The van der Waals surface area contributed by atoms with Gasteiger partial charge in [-0.2, -0.15) is 0 Å². The van der Waals surface area contributed by atoms with Crippen LogP contribution in [0.2, 0.25) is 0 Å². The van der Waals surface area contributed by atoms with Gasteiger partial charge in [-0.25, -0.2) is 0 Å². The van der Waals surface area contributed by atoms with Crippen LogP contribution in [-0.4, -0.2) is 54.2 Å². The van der Waals surface area contributed by atoms with Crippen LogP contribution in [0.4, 0.5) is 0 Å². The number of hydrogen-bond acceptors (Lipinski definition) is 7. The zero-order valence-corrected chi connectivity index (χ0v) is 23.8. The number of carbonyl (C=O) groups is 1. The molecule has 2 spiro atoms. The average Bonchev–Trinajstić information content (AvgIpc) is 2.82. The molecule has 1 unspecified atom stereocenters. The Morgan fingerprint density at radius 1 is 1.11 bits per heavy atom. The lowest BCUT2D eigenvalue weighted by Crippen LogP contribution is -2.89. The summed E-state index contributed by atoms with van der Waals surface area (Å²) in [4.78, 5) is 14.2. The molecule has 10 atom stereocenters. The summed E-state index contributed by atoms with van der Waals surface area (Å²) in [6.07, 6.45) is 3.78. The fourth-order valence-corrected chi connectivity index (χ4v) is 10.7. The van der Waals surface area contributed by atoms with Crippen LogP contribution >= 0.6 is 0 Å². The molecule has 38 heavy (non-hydrogen) atoms. The van der Waals surface area contributed by atoms with E-state index >= 15 is 0 Å². The second-order valence-corrected chi connectivity index (χ2v) is 14.5. The first-order valence-electron chi connectivity index (χ1n) is 14.7. The number of allylic oxidation sites excluding steroid dienone is 1. The smallest absolute Gasteiger partial charge is 0.213 e. The molecule has 8 aliphatic rings. The molecule has 7 nitrogen and oxygen atoms in total. The highest BCUT2D eigenvalue weighted by Crippen LogP contribution is 2.78. The van der Waals surface area contributed by atoms with Crippen molar-refractivity contribution in [3.05, 3.63) is 23.5 Å². The first-order valence-corrected chi connectivity index (χ1v) is 14.7. The molecule has 8 rings (SSSR count). The minimum absolute atomic E-state index is 0.0383. The van der Waals surface area contributed by atoms with Gasteiger partial charge in [-0.15, -0.1) is 0 Å². The first-order chi connectivity index (χ1) is 17.8. The Morgan fingerprint density at radius 2 is 1.87 bits per heavy atom. The molecule has 5 heterocycles. The number of Topliss-reactive ketones (excluding diaryl/α,β-unsaturated/α-hetero) is 1. The molecule has 7 heteroatoms. The topological polar surface area (TPSA) is 83.5 Å². The summed E-state index contributed by atoms with van der Waals surface area (Å²) < 4.78 is 33.3. The number of ether oxygens (including phenoxy) is 5. The highest BCUT2D eigenvalue weighted by molar-refractivity contribution is 5.86. The van der Waals surface area contributed by atoms with Gasteiger partial charge in [-0.1, -0.05) is 26.0 Å². The third-order valence-electron chi connectivity index (χ3n) is 11.5. The lowest BCUT2D eigenvalue weighted by atomic mass is 9.34. The van der Waals surface area contributed by atoms with Crippen LogP contribution in [0.25, 0.3) is 0 Å². The fraction of sp³-hybridized carbons (Fsp3) is 0.839. The van der Waals surface area contributed by atoms with Crippen LogP contribution in [-0.2, 0) is 28.5 Å². The van der Waals surface area contributed by atoms with Crippen molar-refractivity contribution in [2.75, 3.05) is 13.2 Å². The van der Waals surface area contributed by atoms with Crippen LogP contribution in [0.1, 0.15) is 80.1 Å². The molecule has 0 aromatic carbocycles. The third-order valence-corrected chi connectivity index (χ3v) is 11.5. The molecule has 0 aromatic heterocycles. The fourth-order valence-electron chi connectivity index (χ4n) is 10.7. The number of hydrogen-bond donors (Lipinski definition) is 1. The highest BCUT2D eigenvalue weighted by atomic mass is 16.8. The Hall–Kier alpha value is -1.25. The molecule has 0 aromatic rings. The summed E-state index contributed by atoms with van der Waals surface area (Å²) in [6, 6.07) is 0. The molecule has 2 bridgehead atoms. The van der Waals surface area contributed by atoms with Crippen molar-refractivity contribution in [1.29, 1.82) is 0 Å². The monoisotopic (exact) mass is 528 g/mol. The van der Waals surface area contributed by atoms with Crippen LogP contribution in [0.3, 0.4) is 0 Å². The number of aliphatic hydroxyl groups is 1. The van der Waals surface area contributed by atoms with E-state index in [1.165, 1.54) is 5.57 Å². The van der Waals surface area contributed by atoms with Gasteiger partial charge in [0.2, 0.25) is 12.1 Å². The second kappa shape index (κ2) is 7.73. The van der Waals surface area contributed by atoms with E-state index in [2.05, 4.69) is 20.4 Å². The Morgan fingerprint density at radius 3 is 2.58 bits per heavy atom. The minimum atomic E-state index is -1.50. The maximum atomic E-state index is 14.2. The van der Waals surface area contributed by atoms with Crippen molar-refractivity contribution in [2.45, 2.75) is 110 Å². The molecule has 3 aliphatic carbocycles. The quantitative estimate of drug-likeness (QED) is 0.512. The Labute approximate surface area is 226 Å². The minimum Gasteiger partial charge on any atom is -0.468 e. The summed E-state index contributed by atoms with van der Waals surface area (Å²) in [6.45, 7) is 17.3. The van der Waals surface area contributed by atoms with E-state index in [-0.39, 0.29) is 35.2 Å². The van der Waals surface area contributed by atoms with Gasteiger partial charge in [0.1, 0.15) is 23.1 Å². The third kappa shape index (κ3) is 2.81. The lowest BCUT2D eigenvalue weighted by Gasteiger charge is -2.78. The van der Waals surface area contributed by atoms with Gasteiger partial charge in [-0.05, 0) is 83.1 Å². The number of fused-ring (bicyclic) bond motifs is 2. The summed E-state index contributed by atoms with van der Waals surface area (Å²) in [5.74, 6) is -1.69. The van der Waals surface area contributed by atoms with Crippen molar-refractivity contribution in [2.24, 2.45) is 39.9 Å². The Kier molecular flexibility index (Phi) is 5.23. The largest absolute Gasteiger partial charge is 0.468 e. The Bertz CT molecular complexity index is 1120. The van der Waals surface area contributed by atoms with Crippen molar-refractivity contribution in [3.63, 3.8) is 0 Å². The first kappa shape index (κ1) is 25.7. The van der Waals surface area contributed by atoms with Crippen molar-refractivity contribution < 1.29 is 33.6 Å². The van der Waals surface area contributed by atoms with Crippen LogP contribution < -0.4 is 0 Å². The van der Waals surface area contributed by atoms with E-state index in [1.54, 1.807) is 6.92 Å². The normalized spacial score (nSPS) is 51.6. The molecule has 2 saturated carbocycles. The standard InChI is InChI=1S/C31H44O7/c1-16(2)20-10-11-21-29-15-35-31(30(21,17(3)32)25(20)37-28(6,7)38-31)23(33)22(29)27(4,5)14-19-13-18-9-8-12-34-26(18)36-24(19)29/h18,20-23,25-26,33H,1,8-15H2,2-7H3/t18-,20+,21+,22-,23+,25-,26+,29+,30-,31?/m1/s1. The molecule has 1 N–H and O–H groups in total. The van der Waals surface area contributed by atoms with Crippen molar-refractivity contribution in [3.8, 4) is 0 Å². The lowest BCUT2D eigenvalue weighted by molar-refractivity contribution is -0.531. The molecular formula is C31H44O7. The second-order valence-electron chi connectivity index (χ2n) is 14.5. The van der Waals surface area contributed by atoms with Gasteiger partial charge < -0.3 is 28.8 Å². The molecule has 6 fully saturated rings. The van der Waals surface area contributed by atoms with Gasteiger partial charge in [-0.3, -0.25) is 4.79 Å². The van der Waals surface area contributed by atoms with Crippen LogP contribution in [0, 0.1) is 39.9 Å². The number of ketones is 1. The maximum Gasteiger partial charge on any atom is 0.213 e. The highest BCUT2D eigenvalue weighted by Gasteiger charge is 2.87. The summed E-state index contributed by atoms with van der Waals surface area (Å²) in [5.41, 5.74) is 0.220. The molecular weight excluding hydrogens is 484 g/mol. The van der Waals surface area contributed by atoms with Crippen LogP contribution in [0.5, 0.6) is 0 Å². The SMILES string of the molecule is C=C(C)[C@@H]1CC[C@H]2[C@@]34COC5(OC(C)(C)O[C@H]1[C@@]25C(C)=O)[C@@H](O)[C@@H]3C(C)(C)CC1=C4O[C@@H]2OCCC[C@@H]2C1. The van der Waals surface area contributed by atoms with Crippen molar-refractivity contribution in [1.82, 2.24) is 0 Å². The van der Waals surface area contributed by atoms with Gasteiger partial charge >= 0.3 is 0 Å². The van der Waals surface area contributed by atoms with E-state index < -0.39 is 34.6 Å². The van der Waals surface area contributed by atoms with E-state index in [4.69, 9.17) is 23.7 Å². The maximum absolute atomic E-state index is 14.2. The zero-order valence-electron chi connectivity index (χ0n) is 23.8. The van der Waals surface area contributed by atoms with Crippen LogP contribution in [0.15, 0.2) is 23.5 Å². The van der Waals surface area contributed by atoms with E-state index in [0.717, 1.165) is 49.9 Å². The number of aliphatic hydroxyl groups excluding tert-OH is 1. The summed E-state index contributed by atoms with van der Waals surface area (Å²) >= 11 is 0. The predicted molar refractivity (Wildman–Crippen MR) is 138 cm³/mol. The number of carbonyl (C=O) groups excluding carboxylic acids is 1. The van der Waals surface area contributed by atoms with Gasteiger partial charge in [0, 0.05) is 17.8 Å². The van der Waals surface area contributed by atoms with E-state index in [0.29, 0.717) is 19.1 Å². The average molecular weight is 529 g/mol. The van der Waals surface area contributed by atoms with E-state index in [9.17, 15) is 9.90 Å². The van der Waals surface area contributed by atoms with Gasteiger partial charge in [0.05, 0.1) is 24.7 Å². The van der Waals surface area contributed by atoms with Gasteiger partial charge in [0.25, 0.3) is 0 Å². The molecule has 5 aliphatic heterocycles. The molecule has 4 saturated heterocycles. The van der Waals surface area contributed by atoms with E-state index in [1.807, 2.05) is 20.8 Å². The van der Waals surface area contributed by atoms with Gasteiger partial charge in [0.15, 0.2) is 5.79 Å². The molecule has 0 radical (unpaired) electrons. The molecule has 0 amide bonds. The molecule has 210 valence electrons. The zero-order chi connectivity index (χ0) is 27.0. The van der Waals surface area contributed by atoms with Crippen molar-refractivity contribution >= 4 is 5.78 Å². The summed E-state index contributed by atoms with van der Waals surface area (Å²) in [5, 5.41) is 12.6. The number of rotatable bonds is 2. The summed E-state index contributed by atoms with van der Waals surface area (Å²) in [7, 11) is 0. The predicted octanol–water partition coefficient (Wildman–Crippen LogP) is 4.88.